The molecule has 3 nitrogen and oxygen atoms in total. The van der Waals surface area contributed by atoms with Crippen molar-refractivity contribution in [3.63, 3.8) is 0 Å². The van der Waals surface area contributed by atoms with Crippen LogP contribution in [-0.2, 0) is 11.8 Å². The zero-order chi connectivity index (χ0) is 11.9. The average molecular weight is 282 g/mol. The number of carbonyl (C=O) groups is 1. The molecule has 2 rings (SSSR count). The fourth-order valence-corrected chi connectivity index (χ4v) is 2.56. The number of rotatable bonds is 2. The number of carboxylic acids is 1. The van der Waals surface area contributed by atoms with Crippen LogP contribution in [0.1, 0.15) is 18.4 Å². The Morgan fingerprint density at radius 1 is 1.50 bits per heavy atom. The lowest BCUT2D eigenvalue weighted by atomic mass is 9.99. The highest BCUT2D eigenvalue weighted by molar-refractivity contribution is 9.10. The highest BCUT2D eigenvalue weighted by Gasteiger charge is 2.18. The second kappa shape index (κ2) is 3.94. The lowest BCUT2D eigenvalue weighted by molar-refractivity contribution is -0.138. The summed E-state index contributed by atoms with van der Waals surface area (Å²) in [7, 11) is 1.92. The molecule has 0 amide bonds. The van der Waals surface area contributed by atoms with Crippen LogP contribution in [0.2, 0.25) is 0 Å². The highest BCUT2D eigenvalue weighted by atomic mass is 79.9. The van der Waals surface area contributed by atoms with Gasteiger partial charge in [-0.05, 0) is 28.4 Å². The number of para-hydroxylation sites is 1. The van der Waals surface area contributed by atoms with E-state index in [9.17, 15) is 4.79 Å². The molecule has 1 atom stereocenters. The predicted octanol–water partition coefficient (Wildman–Crippen LogP) is 3.13. The van der Waals surface area contributed by atoms with Crippen LogP contribution in [-0.4, -0.2) is 15.6 Å². The van der Waals surface area contributed by atoms with Crippen LogP contribution in [0.3, 0.4) is 0 Å². The van der Waals surface area contributed by atoms with Crippen LogP contribution in [0, 0.1) is 0 Å². The SMILES string of the molecule is CC(C(=O)O)c1cccc2c(Br)cn(C)c12. The van der Waals surface area contributed by atoms with E-state index in [1.807, 2.05) is 36.0 Å². The standard InChI is InChI=1S/C12H12BrNO2/c1-7(12(15)16)8-4-3-5-9-10(13)6-14(2)11(8)9/h3-7H,1-2H3,(H,15,16). The molecule has 0 fully saturated rings. The summed E-state index contributed by atoms with van der Waals surface area (Å²) in [6.45, 7) is 1.71. The zero-order valence-electron chi connectivity index (χ0n) is 9.07. The molecule has 0 aliphatic heterocycles. The maximum Gasteiger partial charge on any atom is 0.310 e. The first-order chi connectivity index (χ1) is 7.52. The first-order valence-electron chi connectivity index (χ1n) is 4.98. The third-order valence-electron chi connectivity index (χ3n) is 2.82. The van der Waals surface area contributed by atoms with Crippen molar-refractivity contribution in [3.8, 4) is 0 Å². The summed E-state index contributed by atoms with van der Waals surface area (Å²) in [4.78, 5) is 11.0. The van der Waals surface area contributed by atoms with E-state index in [2.05, 4.69) is 15.9 Å². The van der Waals surface area contributed by atoms with E-state index in [-0.39, 0.29) is 0 Å². The van der Waals surface area contributed by atoms with Crippen molar-refractivity contribution in [1.29, 1.82) is 0 Å². The van der Waals surface area contributed by atoms with E-state index in [1.54, 1.807) is 6.92 Å². The van der Waals surface area contributed by atoms with Gasteiger partial charge in [0.25, 0.3) is 0 Å². The Morgan fingerprint density at radius 2 is 2.19 bits per heavy atom. The van der Waals surface area contributed by atoms with Gasteiger partial charge in [0.15, 0.2) is 0 Å². The molecule has 0 aliphatic rings. The van der Waals surface area contributed by atoms with Crippen LogP contribution in [0.5, 0.6) is 0 Å². The van der Waals surface area contributed by atoms with Crippen molar-refractivity contribution in [2.24, 2.45) is 7.05 Å². The monoisotopic (exact) mass is 281 g/mol. The third kappa shape index (κ3) is 1.63. The van der Waals surface area contributed by atoms with Crippen molar-refractivity contribution in [1.82, 2.24) is 4.57 Å². The third-order valence-corrected chi connectivity index (χ3v) is 3.45. The van der Waals surface area contributed by atoms with Gasteiger partial charge >= 0.3 is 5.97 Å². The van der Waals surface area contributed by atoms with Gasteiger partial charge in [-0.25, -0.2) is 0 Å². The van der Waals surface area contributed by atoms with Crippen LogP contribution >= 0.6 is 15.9 Å². The quantitative estimate of drug-likeness (QED) is 0.919. The first kappa shape index (κ1) is 11.2. The van der Waals surface area contributed by atoms with Gasteiger partial charge in [-0.1, -0.05) is 18.2 Å². The van der Waals surface area contributed by atoms with Crippen LogP contribution in [0.25, 0.3) is 10.9 Å². The molecule has 2 aromatic rings. The number of aryl methyl sites for hydroxylation is 1. The molecule has 1 N–H and O–H groups in total. The minimum atomic E-state index is -0.801. The molecular weight excluding hydrogens is 270 g/mol. The Bertz CT molecular complexity index is 559. The number of hydrogen-bond donors (Lipinski definition) is 1. The molecule has 0 saturated carbocycles. The second-order valence-electron chi connectivity index (χ2n) is 3.89. The summed E-state index contributed by atoms with van der Waals surface area (Å²) in [6, 6.07) is 5.74. The van der Waals surface area contributed by atoms with Crippen LogP contribution in [0.15, 0.2) is 28.9 Å². The lowest BCUT2D eigenvalue weighted by Gasteiger charge is -2.09. The van der Waals surface area contributed by atoms with Gasteiger partial charge in [-0.15, -0.1) is 0 Å². The van der Waals surface area contributed by atoms with Gasteiger partial charge in [-0.3, -0.25) is 4.79 Å². The van der Waals surface area contributed by atoms with Gasteiger partial charge in [0.1, 0.15) is 0 Å². The van der Waals surface area contributed by atoms with E-state index in [0.717, 1.165) is 20.9 Å². The molecule has 0 saturated heterocycles. The van der Waals surface area contributed by atoms with Crippen molar-refractivity contribution >= 4 is 32.8 Å². The number of fused-ring (bicyclic) bond motifs is 1. The van der Waals surface area contributed by atoms with Crippen LogP contribution < -0.4 is 0 Å². The van der Waals surface area contributed by atoms with Crippen molar-refractivity contribution < 1.29 is 9.90 Å². The molecule has 0 spiro atoms. The van der Waals surface area contributed by atoms with Crippen LogP contribution in [0.4, 0.5) is 0 Å². The van der Waals surface area contributed by atoms with Crippen molar-refractivity contribution in [2.75, 3.05) is 0 Å². The Balaban J connectivity index is 2.75. The minimum Gasteiger partial charge on any atom is -0.481 e. The Hall–Kier alpha value is -1.29. The first-order valence-corrected chi connectivity index (χ1v) is 5.78. The summed E-state index contributed by atoms with van der Waals surface area (Å²) in [5, 5.41) is 10.1. The van der Waals surface area contributed by atoms with Gasteiger partial charge in [-0.2, -0.15) is 0 Å². The number of hydrogen-bond acceptors (Lipinski definition) is 1. The molecule has 0 aliphatic carbocycles. The number of halogens is 1. The summed E-state index contributed by atoms with van der Waals surface area (Å²) in [6.07, 6.45) is 1.95. The van der Waals surface area contributed by atoms with Crippen molar-refractivity contribution in [2.45, 2.75) is 12.8 Å². The maximum absolute atomic E-state index is 11.0. The minimum absolute atomic E-state index is 0.496. The summed E-state index contributed by atoms with van der Waals surface area (Å²) in [5.74, 6) is -1.30. The van der Waals surface area contributed by atoms with E-state index >= 15 is 0 Å². The molecule has 1 unspecified atom stereocenters. The van der Waals surface area contributed by atoms with E-state index in [4.69, 9.17) is 5.11 Å². The number of aromatic nitrogens is 1. The molecule has 16 heavy (non-hydrogen) atoms. The van der Waals surface area contributed by atoms with E-state index in [0.29, 0.717) is 0 Å². The smallest absolute Gasteiger partial charge is 0.310 e. The normalized spacial score (nSPS) is 12.9. The average Bonchev–Trinajstić information content (AvgIpc) is 2.54. The number of aliphatic carboxylic acids is 1. The molecule has 0 bridgehead atoms. The predicted molar refractivity (Wildman–Crippen MR) is 66.7 cm³/mol. The fourth-order valence-electron chi connectivity index (χ4n) is 1.93. The highest BCUT2D eigenvalue weighted by Crippen LogP contribution is 2.31. The maximum atomic E-state index is 11.0. The van der Waals surface area contributed by atoms with Crippen molar-refractivity contribution in [3.05, 3.63) is 34.4 Å². The van der Waals surface area contributed by atoms with Gasteiger partial charge in [0.05, 0.1) is 11.4 Å². The number of nitrogens with zero attached hydrogens (tertiary/aromatic N) is 1. The zero-order valence-corrected chi connectivity index (χ0v) is 10.7. The number of benzene rings is 1. The molecular formula is C12H12BrNO2. The summed E-state index contributed by atoms with van der Waals surface area (Å²) < 4.78 is 2.94. The van der Waals surface area contributed by atoms with Gasteiger partial charge < -0.3 is 9.67 Å². The lowest BCUT2D eigenvalue weighted by Crippen LogP contribution is -2.08. The van der Waals surface area contributed by atoms with Gasteiger partial charge in [0, 0.05) is 23.1 Å². The molecule has 0 radical (unpaired) electrons. The van der Waals surface area contributed by atoms with E-state index in [1.165, 1.54) is 0 Å². The number of carboxylic acid groups (broad SMARTS) is 1. The molecule has 1 heterocycles. The molecule has 1 aromatic carbocycles. The largest absolute Gasteiger partial charge is 0.481 e. The molecule has 1 aromatic heterocycles. The molecule has 84 valence electrons. The Morgan fingerprint density at radius 3 is 2.81 bits per heavy atom. The van der Waals surface area contributed by atoms with Gasteiger partial charge in [0.2, 0.25) is 0 Å². The Labute approximate surface area is 102 Å². The summed E-state index contributed by atoms with van der Waals surface area (Å²) in [5.41, 5.74) is 1.82. The summed E-state index contributed by atoms with van der Waals surface area (Å²) >= 11 is 3.47. The topological polar surface area (TPSA) is 42.2 Å². The second-order valence-corrected chi connectivity index (χ2v) is 4.75. The molecule has 4 heteroatoms. The fraction of sp³-hybridized carbons (Fsp3) is 0.250. The Kier molecular flexibility index (Phi) is 2.76. The van der Waals surface area contributed by atoms with E-state index < -0.39 is 11.9 Å².